The van der Waals surface area contributed by atoms with Gasteiger partial charge in [0.2, 0.25) is 11.8 Å². The van der Waals surface area contributed by atoms with Crippen LogP contribution in [0.1, 0.15) is 36.3 Å². The predicted octanol–water partition coefficient (Wildman–Crippen LogP) is 5.42. The summed E-state index contributed by atoms with van der Waals surface area (Å²) in [5.74, 6) is -0.380. The van der Waals surface area contributed by atoms with Crippen molar-refractivity contribution >= 4 is 17.5 Å². The van der Waals surface area contributed by atoms with Crippen molar-refractivity contribution in [3.05, 3.63) is 65.5 Å². The maximum Gasteiger partial charge on any atom is 0.573 e. The van der Waals surface area contributed by atoms with Gasteiger partial charge >= 0.3 is 6.36 Å². The summed E-state index contributed by atoms with van der Waals surface area (Å²) in [6.45, 7) is 3.98. The number of nitrogens with one attached hydrogen (secondary N) is 1. The van der Waals surface area contributed by atoms with Gasteiger partial charge in [0.15, 0.2) is 0 Å². The minimum absolute atomic E-state index is 0.0256. The third-order valence-electron chi connectivity index (χ3n) is 6.02. The second-order valence-electron chi connectivity index (χ2n) is 8.77. The molecular weight excluding hydrogens is 475 g/mol. The van der Waals surface area contributed by atoms with Crippen molar-refractivity contribution in [2.45, 2.75) is 51.9 Å². The summed E-state index contributed by atoms with van der Waals surface area (Å²) >= 11 is 0. The molecule has 1 saturated heterocycles. The molecule has 7 nitrogen and oxygen atoms in total. The zero-order chi connectivity index (χ0) is 25.9. The van der Waals surface area contributed by atoms with Gasteiger partial charge in [-0.25, -0.2) is 0 Å². The average molecular weight is 502 g/mol. The van der Waals surface area contributed by atoms with Gasteiger partial charge in [-0.05, 0) is 62.4 Å². The van der Waals surface area contributed by atoms with Gasteiger partial charge in [0.1, 0.15) is 17.6 Å². The number of likely N-dealkylation sites (tertiary alicyclic amines) is 1. The lowest BCUT2D eigenvalue weighted by Gasteiger charge is -2.34. The number of halogens is 3. The number of rotatable bonds is 6. The van der Waals surface area contributed by atoms with Gasteiger partial charge in [-0.3, -0.25) is 9.59 Å². The normalized spacial score (nSPS) is 16.0. The molecule has 0 saturated carbocycles. The highest BCUT2D eigenvalue weighted by atomic mass is 19.4. The fraction of sp³-hybridized carbons (Fsp3) is 0.346. The Morgan fingerprint density at radius 1 is 1.11 bits per heavy atom. The van der Waals surface area contributed by atoms with E-state index in [0.717, 1.165) is 12.8 Å². The number of carbonyl (C=O) groups is 2. The smallest absolute Gasteiger partial charge is 0.405 e. The van der Waals surface area contributed by atoms with Crippen molar-refractivity contribution in [1.82, 2.24) is 10.1 Å². The molecule has 0 radical (unpaired) electrons. The van der Waals surface area contributed by atoms with E-state index >= 15 is 0 Å². The van der Waals surface area contributed by atoms with E-state index in [-0.39, 0.29) is 29.5 Å². The lowest BCUT2D eigenvalue weighted by Crippen LogP contribution is -2.50. The number of piperidine rings is 1. The van der Waals surface area contributed by atoms with Crippen LogP contribution < -0.4 is 10.1 Å². The summed E-state index contributed by atoms with van der Waals surface area (Å²) in [7, 11) is 0. The minimum atomic E-state index is -4.81. The van der Waals surface area contributed by atoms with E-state index in [1.165, 1.54) is 12.1 Å². The van der Waals surface area contributed by atoms with Gasteiger partial charge in [0.05, 0.1) is 12.1 Å². The first-order chi connectivity index (χ1) is 17.1. The number of amides is 2. The van der Waals surface area contributed by atoms with Crippen molar-refractivity contribution in [1.29, 1.82) is 0 Å². The number of ether oxygens (including phenoxy) is 1. The molecule has 1 aromatic heterocycles. The topological polar surface area (TPSA) is 84.7 Å². The molecule has 4 rings (SSSR count). The van der Waals surface area contributed by atoms with Gasteiger partial charge < -0.3 is 19.5 Å². The number of carbonyl (C=O) groups excluding carboxylic acids is 2. The molecule has 1 atom stereocenters. The number of aromatic nitrogens is 1. The maximum absolute atomic E-state index is 13.1. The fourth-order valence-corrected chi connectivity index (χ4v) is 4.42. The van der Waals surface area contributed by atoms with E-state index in [0.29, 0.717) is 41.2 Å². The summed E-state index contributed by atoms with van der Waals surface area (Å²) in [6, 6.07) is 11.9. The van der Waals surface area contributed by atoms with Crippen molar-refractivity contribution < 1.29 is 32.0 Å². The molecule has 1 unspecified atom stereocenters. The van der Waals surface area contributed by atoms with Gasteiger partial charge in [0.25, 0.3) is 0 Å². The Labute approximate surface area is 206 Å². The summed E-state index contributed by atoms with van der Waals surface area (Å²) in [4.78, 5) is 27.6. The zero-order valence-corrected chi connectivity index (χ0v) is 19.9. The first-order valence-corrected chi connectivity index (χ1v) is 11.6. The average Bonchev–Trinajstić information content (AvgIpc) is 3.23. The van der Waals surface area contributed by atoms with Crippen LogP contribution in [0.5, 0.6) is 5.75 Å². The summed E-state index contributed by atoms with van der Waals surface area (Å²) in [5, 5.41) is 6.65. The molecule has 0 bridgehead atoms. The van der Waals surface area contributed by atoms with Crippen molar-refractivity contribution in [2.75, 3.05) is 11.9 Å². The van der Waals surface area contributed by atoms with Gasteiger partial charge in [-0.2, -0.15) is 0 Å². The first-order valence-electron chi connectivity index (χ1n) is 11.6. The molecule has 2 amide bonds. The number of alkyl halides is 3. The number of benzene rings is 2. The van der Waals surface area contributed by atoms with Gasteiger partial charge in [-0.1, -0.05) is 29.4 Å². The quantitative estimate of drug-likeness (QED) is 0.488. The van der Waals surface area contributed by atoms with Crippen LogP contribution >= 0.6 is 0 Å². The van der Waals surface area contributed by atoms with E-state index < -0.39 is 12.4 Å². The van der Waals surface area contributed by atoms with Gasteiger partial charge in [0, 0.05) is 23.9 Å². The molecule has 3 aromatic rings. The lowest BCUT2D eigenvalue weighted by molar-refractivity contribution is -0.274. The Bertz CT molecular complexity index is 1260. The molecule has 1 aliphatic rings. The second kappa shape index (κ2) is 10.4. The first kappa shape index (κ1) is 25.3. The van der Waals surface area contributed by atoms with E-state index in [1.54, 1.807) is 55.1 Å². The molecule has 0 aliphatic carbocycles. The molecule has 10 heteroatoms. The molecule has 36 heavy (non-hydrogen) atoms. The number of hydrogen-bond acceptors (Lipinski definition) is 5. The molecule has 1 N–H and O–H groups in total. The number of para-hydroxylation sites is 1. The zero-order valence-electron chi connectivity index (χ0n) is 19.9. The third-order valence-corrected chi connectivity index (χ3v) is 6.02. The standard InChI is InChI=1S/C26H26F3N3O4/c1-16-13-18(10-11-20(16)21-7-3-4-9-23(21)35-26(27,28)29)30-25(34)22-8-5-6-12-32(22)24(33)15-19-14-17(2)31-36-19/h3-4,7,9-11,13-14,22H,5-6,8,12,15H2,1-2H3,(H,30,34). The van der Waals surface area contributed by atoms with Crippen LogP contribution in [0.4, 0.5) is 18.9 Å². The summed E-state index contributed by atoms with van der Waals surface area (Å²) in [6.07, 6.45) is -2.63. The molecule has 0 spiro atoms. The van der Waals surface area contributed by atoms with E-state index in [2.05, 4.69) is 15.2 Å². The molecular formula is C26H26F3N3O4. The predicted molar refractivity (Wildman–Crippen MR) is 126 cm³/mol. The van der Waals surface area contributed by atoms with Gasteiger partial charge in [-0.15, -0.1) is 13.2 Å². The number of nitrogens with zero attached hydrogens (tertiary/aromatic N) is 2. The molecule has 1 aliphatic heterocycles. The highest BCUT2D eigenvalue weighted by molar-refractivity contribution is 5.97. The van der Waals surface area contributed by atoms with Crippen LogP contribution in [0, 0.1) is 13.8 Å². The number of aryl methyl sites for hydroxylation is 2. The second-order valence-corrected chi connectivity index (χ2v) is 8.77. The van der Waals surface area contributed by atoms with E-state index in [4.69, 9.17) is 4.52 Å². The Morgan fingerprint density at radius 2 is 1.89 bits per heavy atom. The van der Waals surface area contributed by atoms with Crippen molar-refractivity contribution in [3.63, 3.8) is 0 Å². The third kappa shape index (κ3) is 6.05. The minimum Gasteiger partial charge on any atom is -0.405 e. The van der Waals surface area contributed by atoms with Crippen LogP contribution in [0.25, 0.3) is 11.1 Å². The molecule has 1 fully saturated rings. The van der Waals surface area contributed by atoms with E-state index in [9.17, 15) is 22.8 Å². The Kier molecular flexibility index (Phi) is 7.32. The lowest BCUT2D eigenvalue weighted by atomic mass is 9.98. The van der Waals surface area contributed by atoms with Crippen molar-refractivity contribution in [3.8, 4) is 16.9 Å². The van der Waals surface area contributed by atoms with Crippen LogP contribution in [0.15, 0.2) is 53.1 Å². The van der Waals surface area contributed by atoms with Crippen LogP contribution in [-0.2, 0) is 16.0 Å². The Balaban J connectivity index is 1.49. The SMILES string of the molecule is Cc1cc(CC(=O)N2CCCCC2C(=O)Nc2ccc(-c3ccccc3OC(F)(F)F)c(C)c2)on1. The monoisotopic (exact) mass is 501 g/mol. The highest BCUT2D eigenvalue weighted by Gasteiger charge is 2.33. The van der Waals surface area contributed by atoms with E-state index in [1.807, 2.05) is 0 Å². The Hall–Kier alpha value is -3.82. The molecule has 2 heterocycles. The van der Waals surface area contributed by atoms with Crippen LogP contribution in [-0.4, -0.2) is 40.8 Å². The highest BCUT2D eigenvalue weighted by Crippen LogP contribution is 2.36. The Morgan fingerprint density at radius 3 is 2.58 bits per heavy atom. The van der Waals surface area contributed by atoms with Crippen LogP contribution in [0.2, 0.25) is 0 Å². The number of hydrogen-bond donors (Lipinski definition) is 1. The largest absolute Gasteiger partial charge is 0.573 e. The fourth-order valence-electron chi connectivity index (χ4n) is 4.42. The number of anilines is 1. The molecule has 2 aromatic carbocycles. The summed E-state index contributed by atoms with van der Waals surface area (Å²) in [5.41, 5.74) is 2.65. The molecule has 190 valence electrons. The van der Waals surface area contributed by atoms with Crippen LogP contribution in [0.3, 0.4) is 0 Å². The van der Waals surface area contributed by atoms with Crippen molar-refractivity contribution in [2.24, 2.45) is 0 Å². The summed E-state index contributed by atoms with van der Waals surface area (Å²) < 4.78 is 47.8. The maximum atomic E-state index is 13.1.